The van der Waals surface area contributed by atoms with E-state index in [1.165, 1.54) is 32.1 Å². The van der Waals surface area contributed by atoms with Gasteiger partial charge in [-0.15, -0.1) is 0 Å². The first-order chi connectivity index (χ1) is 7.09. The predicted molar refractivity (Wildman–Crippen MR) is 62.8 cm³/mol. The normalized spacial score (nSPS) is 23.0. The number of rotatable bonds is 5. The first-order valence-electron chi connectivity index (χ1n) is 6.40. The van der Waals surface area contributed by atoms with Crippen LogP contribution in [-0.4, -0.2) is 18.5 Å². The Hall–Kier alpha value is -0.0800. The minimum atomic E-state index is -0.0677. The molecule has 0 aromatic rings. The number of ether oxygens (including phenoxy) is 2. The topological polar surface area (TPSA) is 18.5 Å². The summed E-state index contributed by atoms with van der Waals surface area (Å²) < 4.78 is 11.5. The van der Waals surface area contributed by atoms with Crippen LogP contribution in [-0.2, 0) is 9.47 Å². The molecule has 1 rings (SSSR count). The molecule has 0 aliphatic heterocycles. The van der Waals surface area contributed by atoms with E-state index in [0.717, 1.165) is 5.92 Å². The molecule has 0 bridgehead atoms. The summed E-state index contributed by atoms with van der Waals surface area (Å²) in [6, 6.07) is 0. The van der Waals surface area contributed by atoms with Crippen LogP contribution in [0.25, 0.3) is 0 Å². The summed E-state index contributed by atoms with van der Waals surface area (Å²) in [5.74, 6) is 0.747. The molecule has 0 heterocycles. The summed E-state index contributed by atoms with van der Waals surface area (Å²) in [5.41, 5.74) is 0. The van der Waals surface area contributed by atoms with Crippen molar-refractivity contribution in [2.24, 2.45) is 5.92 Å². The van der Waals surface area contributed by atoms with Gasteiger partial charge >= 0.3 is 0 Å². The highest BCUT2D eigenvalue weighted by molar-refractivity contribution is 4.71. The third-order valence-electron chi connectivity index (χ3n) is 3.18. The van der Waals surface area contributed by atoms with Gasteiger partial charge < -0.3 is 9.47 Å². The maximum Gasteiger partial charge on any atom is 0.155 e. The van der Waals surface area contributed by atoms with E-state index >= 15 is 0 Å². The van der Waals surface area contributed by atoms with Crippen LogP contribution in [0.15, 0.2) is 0 Å². The van der Waals surface area contributed by atoms with E-state index in [4.69, 9.17) is 9.47 Å². The van der Waals surface area contributed by atoms with Gasteiger partial charge in [0.1, 0.15) is 0 Å². The summed E-state index contributed by atoms with van der Waals surface area (Å²) in [5, 5.41) is 0. The first-order valence-corrected chi connectivity index (χ1v) is 6.40. The van der Waals surface area contributed by atoms with E-state index in [1.54, 1.807) is 0 Å². The zero-order valence-electron chi connectivity index (χ0n) is 10.7. The highest BCUT2D eigenvalue weighted by atomic mass is 16.7. The Morgan fingerprint density at radius 1 is 0.867 bits per heavy atom. The lowest BCUT2D eigenvalue weighted by Gasteiger charge is -2.30. The zero-order valence-corrected chi connectivity index (χ0v) is 10.7. The minimum absolute atomic E-state index is 0.0677. The van der Waals surface area contributed by atoms with E-state index in [-0.39, 0.29) is 12.4 Å². The van der Waals surface area contributed by atoms with Crippen LogP contribution < -0.4 is 0 Å². The van der Waals surface area contributed by atoms with Crippen molar-refractivity contribution in [3.05, 3.63) is 0 Å². The van der Waals surface area contributed by atoms with Crippen molar-refractivity contribution < 1.29 is 9.47 Å². The van der Waals surface area contributed by atoms with Crippen molar-refractivity contribution in [3.63, 3.8) is 0 Å². The van der Waals surface area contributed by atoms with Crippen LogP contribution in [0.3, 0.4) is 0 Å². The number of hydrogen-bond donors (Lipinski definition) is 0. The predicted octanol–water partition coefficient (Wildman–Crippen LogP) is 3.74. The molecule has 2 unspecified atom stereocenters. The molecule has 0 N–H and O–H groups in total. The fraction of sp³-hybridized carbons (Fsp3) is 1.00. The molecule has 2 heteroatoms. The summed E-state index contributed by atoms with van der Waals surface area (Å²) in [6.45, 7) is 8.28. The average molecular weight is 214 g/mol. The van der Waals surface area contributed by atoms with Crippen molar-refractivity contribution >= 4 is 0 Å². The first kappa shape index (κ1) is 13.0. The molecule has 2 atom stereocenters. The lowest BCUT2D eigenvalue weighted by atomic mass is 9.86. The van der Waals surface area contributed by atoms with Crippen molar-refractivity contribution in [3.8, 4) is 0 Å². The molecule has 1 aliphatic carbocycles. The van der Waals surface area contributed by atoms with Crippen LogP contribution in [0, 0.1) is 5.92 Å². The van der Waals surface area contributed by atoms with Crippen LogP contribution in [0.2, 0.25) is 0 Å². The highest BCUT2D eigenvalue weighted by Crippen LogP contribution is 2.28. The quantitative estimate of drug-likeness (QED) is 0.649. The third kappa shape index (κ3) is 4.98. The molecule has 0 aromatic heterocycles. The van der Waals surface area contributed by atoms with Crippen LogP contribution in [0.4, 0.5) is 0 Å². The van der Waals surface area contributed by atoms with Gasteiger partial charge in [-0.2, -0.15) is 0 Å². The molecule has 1 saturated carbocycles. The fourth-order valence-electron chi connectivity index (χ4n) is 2.43. The molecule has 0 radical (unpaired) electrons. The maximum absolute atomic E-state index is 5.88. The molecule has 90 valence electrons. The minimum Gasteiger partial charge on any atom is -0.350 e. The van der Waals surface area contributed by atoms with Gasteiger partial charge in [0.05, 0.1) is 12.2 Å². The maximum atomic E-state index is 5.88. The summed E-state index contributed by atoms with van der Waals surface area (Å²) in [4.78, 5) is 0. The molecule has 2 nitrogen and oxygen atoms in total. The molecular formula is C13H26O2. The second kappa shape index (κ2) is 6.49. The van der Waals surface area contributed by atoms with Crippen molar-refractivity contribution in [1.82, 2.24) is 0 Å². The Morgan fingerprint density at radius 2 is 1.47 bits per heavy atom. The van der Waals surface area contributed by atoms with Crippen molar-refractivity contribution in [2.45, 2.75) is 78.3 Å². The van der Waals surface area contributed by atoms with Crippen molar-refractivity contribution in [1.29, 1.82) is 0 Å². The Kier molecular flexibility index (Phi) is 5.62. The number of hydrogen-bond acceptors (Lipinski definition) is 2. The van der Waals surface area contributed by atoms with Crippen LogP contribution >= 0.6 is 0 Å². The smallest absolute Gasteiger partial charge is 0.155 e. The summed E-state index contributed by atoms with van der Waals surface area (Å²) in [7, 11) is 0. The second-order valence-corrected chi connectivity index (χ2v) is 4.99. The summed E-state index contributed by atoms with van der Waals surface area (Å²) in [6.07, 6.45) is 7.33. The van der Waals surface area contributed by atoms with Gasteiger partial charge in [0.15, 0.2) is 6.29 Å². The monoisotopic (exact) mass is 214 g/mol. The van der Waals surface area contributed by atoms with Gasteiger partial charge in [0.2, 0.25) is 0 Å². The molecule has 0 amide bonds. The van der Waals surface area contributed by atoms with Gasteiger partial charge in [-0.25, -0.2) is 0 Å². The van der Waals surface area contributed by atoms with Crippen LogP contribution in [0.5, 0.6) is 0 Å². The zero-order chi connectivity index (χ0) is 11.3. The van der Waals surface area contributed by atoms with Gasteiger partial charge in [-0.1, -0.05) is 19.3 Å². The molecule has 1 aliphatic rings. The fourth-order valence-corrected chi connectivity index (χ4v) is 2.43. The third-order valence-corrected chi connectivity index (χ3v) is 3.18. The molecule has 0 aromatic carbocycles. The van der Waals surface area contributed by atoms with E-state index in [9.17, 15) is 0 Å². The average Bonchev–Trinajstić information content (AvgIpc) is 2.17. The standard InChI is InChI=1S/C13H26O2/c1-10(2)14-12(4)15-11(3)13-8-6-5-7-9-13/h10-13H,5-9H2,1-4H3. The Labute approximate surface area is 94.3 Å². The Bertz CT molecular complexity index is 162. The van der Waals surface area contributed by atoms with E-state index < -0.39 is 0 Å². The van der Waals surface area contributed by atoms with E-state index in [2.05, 4.69) is 6.92 Å². The molecule has 0 saturated heterocycles. The van der Waals surface area contributed by atoms with Gasteiger partial charge in [0, 0.05) is 0 Å². The lowest BCUT2D eigenvalue weighted by Crippen LogP contribution is -2.29. The second-order valence-electron chi connectivity index (χ2n) is 4.99. The van der Waals surface area contributed by atoms with Crippen molar-refractivity contribution in [2.75, 3.05) is 0 Å². The SMILES string of the molecule is CC(C)OC(C)OC(C)C1CCCCC1. The summed E-state index contributed by atoms with van der Waals surface area (Å²) >= 11 is 0. The van der Waals surface area contributed by atoms with Gasteiger partial charge in [0.25, 0.3) is 0 Å². The van der Waals surface area contributed by atoms with Crippen LogP contribution in [0.1, 0.15) is 59.8 Å². The largest absolute Gasteiger partial charge is 0.350 e. The van der Waals surface area contributed by atoms with Gasteiger partial charge in [-0.05, 0) is 46.5 Å². The van der Waals surface area contributed by atoms with Gasteiger partial charge in [-0.3, -0.25) is 0 Å². The van der Waals surface area contributed by atoms with E-state index in [0.29, 0.717) is 6.10 Å². The molecule has 15 heavy (non-hydrogen) atoms. The Balaban J connectivity index is 2.23. The Morgan fingerprint density at radius 3 is 2.00 bits per heavy atom. The van der Waals surface area contributed by atoms with E-state index in [1.807, 2.05) is 20.8 Å². The molecular weight excluding hydrogens is 188 g/mol. The highest BCUT2D eigenvalue weighted by Gasteiger charge is 2.22. The molecule has 0 spiro atoms. The molecule has 1 fully saturated rings. The lowest BCUT2D eigenvalue weighted by molar-refractivity contribution is -0.185.